The summed E-state index contributed by atoms with van der Waals surface area (Å²) in [7, 11) is 0. The number of hydrogen-bond acceptors (Lipinski definition) is 2. The summed E-state index contributed by atoms with van der Waals surface area (Å²) in [6.07, 6.45) is -1.09. The van der Waals surface area contributed by atoms with Crippen LogP contribution < -0.4 is 0 Å². The van der Waals surface area contributed by atoms with Crippen molar-refractivity contribution >= 4 is 0 Å². The number of fused-ring (bicyclic) bond motifs is 1. The lowest BCUT2D eigenvalue weighted by atomic mass is 9.98. The third kappa shape index (κ3) is 2.05. The Morgan fingerprint density at radius 3 is 2.69 bits per heavy atom. The molecule has 0 saturated carbocycles. The highest BCUT2D eigenvalue weighted by Crippen LogP contribution is 2.31. The Hall–Kier alpha value is -1.07. The summed E-state index contributed by atoms with van der Waals surface area (Å²) < 4.78 is 39.0. The maximum atomic E-state index is 12.6. The molecular weight excluding hydrogens is 219 g/mol. The van der Waals surface area contributed by atoms with Crippen LogP contribution in [0.2, 0.25) is 0 Å². The summed E-state index contributed by atoms with van der Waals surface area (Å²) in [5, 5.41) is 6.89. The third-order valence-electron chi connectivity index (χ3n) is 3.20. The van der Waals surface area contributed by atoms with E-state index in [1.165, 1.54) is 4.57 Å². The monoisotopic (exact) mass is 233 g/mol. The van der Waals surface area contributed by atoms with Crippen LogP contribution in [0.4, 0.5) is 13.2 Å². The SMILES string of the molecule is CCC1CCc2nnc(C(F)(F)F)n2CC1. The lowest BCUT2D eigenvalue weighted by molar-refractivity contribution is -0.147. The van der Waals surface area contributed by atoms with E-state index >= 15 is 0 Å². The van der Waals surface area contributed by atoms with Crippen molar-refractivity contribution in [3.63, 3.8) is 0 Å². The number of aryl methyl sites for hydroxylation is 1. The Balaban J connectivity index is 2.27. The summed E-state index contributed by atoms with van der Waals surface area (Å²) in [5.74, 6) is 0.130. The zero-order valence-electron chi connectivity index (χ0n) is 9.09. The van der Waals surface area contributed by atoms with Gasteiger partial charge in [-0.2, -0.15) is 13.2 Å². The van der Waals surface area contributed by atoms with Gasteiger partial charge in [0, 0.05) is 13.0 Å². The van der Waals surface area contributed by atoms with E-state index in [0.717, 1.165) is 19.3 Å². The van der Waals surface area contributed by atoms with Crippen LogP contribution in [0.1, 0.15) is 37.8 Å². The second-order valence-corrected chi connectivity index (χ2v) is 4.19. The van der Waals surface area contributed by atoms with E-state index in [1.54, 1.807) is 0 Å². The van der Waals surface area contributed by atoms with Crippen molar-refractivity contribution in [2.45, 2.75) is 45.3 Å². The molecule has 2 heterocycles. The van der Waals surface area contributed by atoms with E-state index in [4.69, 9.17) is 0 Å². The number of rotatable bonds is 1. The number of aromatic nitrogens is 3. The quantitative estimate of drug-likeness (QED) is 0.746. The van der Waals surface area contributed by atoms with Crippen LogP contribution in [-0.2, 0) is 19.1 Å². The summed E-state index contributed by atoms with van der Waals surface area (Å²) in [6.45, 7) is 2.46. The fraction of sp³-hybridized carbons (Fsp3) is 0.800. The molecule has 0 bridgehead atoms. The average Bonchev–Trinajstić information content (AvgIpc) is 2.52. The van der Waals surface area contributed by atoms with Crippen molar-refractivity contribution in [3.05, 3.63) is 11.6 Å². The Morgan fingerprint density at radius 1 is 1.31 bits per heavy atom. The molecule has 0 radical (unpaired) electrons. The van der Waals surface area contributed by atoms with Crippen LogP contribution in [-0.4, -0.2) is 14.8 Å². The highest BCUT2D eigenvalue weighted by Gasteiger charge is 2.38. The minimum absolute atomic E-state index is 0.385. The standard InChI is InChI=1S/C10H14F3N3/c1-2-7-3-4-8-14-15-9(10(11,12)13)16(8)6-5-7/h7H,2-6H2,1H3. The van der Waals surface area contributed by atoms with Gasteiger partial charge in [-0.25, -0.2) is 0 Å². The Kier molecular flexibility index (Phi) is 2.90. The van der Waals surface area contributed by atoms with E-state index < -0.39 is 12.0 Å². The van der Waals surface area contributed by atoms with Gasteiger partial charge in [0.1, 0.15) is 5.82 Å². The molecule has 16 heavy (non-hydrogen) atoms. The van der Waals surface area contributed by atoms with Gasteiger partial charge < -0.3 is 4.57 Å². The highest BCUT2D eigenvalue weighted by molar-refractivity contribution is 5.01. The molecule has 0 aromatic carbocycles. The Labute approximate surface area is 91.7 Å². The molecule has 90 valence electrons. The second-order valence-electron chi connectivity index (χ2n) is 4.19. The molecule has 0 N–H and O–H groups in total. The summed E-state index contributed by atoms with van der Waals surface area (Å²) >= 11 is 0. The van der Waals surface area contributed by atoms with E-state index in [2.05, 4.69) is 17.1 Å². The van der Waals surface area contributed by atoms with E-state index in [0.29, 0.717) is 24.7 Å². The molecule has 1 aliphatic heterocycles. The normalized spacial score (nSPS) is 21.6. The number of alkyl halides is 3. The molecule has 0 amide bonds. The first kappa shape index (κ1) is 11.4. The van der Waals surface area contributed by atoms with Crippen LogP contribution in [0.15, 0.2) is 0 Å². The van der Waals surface area contributed by atoms with Crippen LogP contribution in [0, 0.1) is 5.92 Å². The van der Waals surface area contributed by atoms with Crippen molar-refractivity contribution in [1.82, 2.24) is 14.8 Å². The number of nitrogens with zero attached hydrogens (tertiary/aromatic N) is 3. The van der Waals surface area contributed by atoms with Gasteiger partial charge in [-0.1, -0.05) is 13.3 Å². The predicted octanol–water partition coefficient (Wildman–Crippen LogP) is 2.66. The topological polar surface area (TPSA) is 30.7 Å². The number of halogens is 3. The first-order valence-electron chi connectivity index (χ1n) is 5.51. The first-order chi connectivity index (χ1) is 7.52. The van der Waals surface area contributed by atoms with Crippen LogP contribution >= 0.6 is 0 Å². The Morgan fingerprint density at radius 2 is 2.06 bits per heavy atom. The summed E-state index contributed by atoms with van der Waals surface area (Å²) in [5.41, 5.74) is 0. The second kappa shape index (κ2) is 4.07. The zero-order chi connectivity index (χ0) is 11.8. The van der Waals surface area contributed by atoms with Gasteiger partial charge in [0.15, 0.2) is 0 Å². The van der Waals surface area contributed by atoms with E-state index in [1.807, 2.05) is 0 Å². The predicted molar refractivity (Wildman–Crippen MR) is 51.7 cm³/mol. The number of hydrogen-bond donors (Lipinski definition) is 0. The van der Waals surface area contributed by atoms with Crippen molar-refractivity contribution in [3.8, 4) is 0 Å². The van der Waals surface area contributed by atoms with Gasteiger partial charge in [-0.3, -0.25) is 0 Å². The fourth-order valence-corrected chi connectivity index (χ4v) is 2.16. The fourth-order valence-electron chi connectivity index (χ4n) is 2.16. The molecule has 0 saturated heterocycles. The molecule has 1 unspecified atom stereocenters. The van der Waals surface area contributed by atoms with E-state index in [9.17, 15) is 13.2 Å². The minimum Gasteiger partial charge on any atom is -0.307 e. The highest BCUT2D eigenvalue weighted by atomic mass is 19.4. The first-order valence-corrected chi connectivity index (χ1v) is 5.51. The van der Waals surface area contributed by atoms with Crippen LogP contribution in [0.25, 0.3) is 0 Å². The van der Waals surface area contributed by atoms with Gasteiger partial charge in [-0.05, 0) is 18.8 Å². The van der Waals surface area contributed by atoms with Crippen molar-refractivity contribution < 1.29 is 13.2 Å². The third-order valence-corrected chi connectivity index (χ3v) is 3.20. The summed E-state index contributed by atoms with van der Waals surface area (Å²) in [4.78, 5) is 0. The molecule has 0 spiro atoms. The average molecular weight is 233 g/mol. The van der Waals surface area contributed by atoms with E-state index in [-0.39, 0.29) is 0 Å². The van der Waals surface area contributed by atoms with Gasteiger partial charge in [-0.15, -0.1) is 10.2 Å². The zero-order valence-corrected chi connectivity index (χ0v) is 9.09. The minimum atomic E-state index is -4.39. The molecule has 6 heteroatoms. The molecule has 1 aromatic rings. The molecule has 1 aromatic heterocycles. The van der Waals surface area contributed by atoms with Gasteiger partial charge >= 0.3 is 6.18 Å². The molecule has 0 fully saturated rings. The van der Waals surface area contributed by atoms with Crippen molar-refractivity contribution in [1.29, 1.82) is 0 Å². The lowest BCUT2D eigenvalue weighted by Crippen LogP contribution is -2.16. The van der Waals surface area contributed by atoms with Crippen LogP contribution in [0.5, 0.6) is 0 Å². The lowest BCUT2D eigenvalue weighted by Gasteiger charge is -2.11. The van der Waals surface area contributed by atoms with Gasteiger partial charge in [0.25, 0.3) is 0 Å². The maximum absolute atomic E-state index is 12.6. The van der Waals surface area contributed by atoms with Gasteiger partial charge in [0.2, 0.25) is 5.82 Å². The smallest absolute Gasteiger partial charge is 0.307 e. The molecule has 0 aliphatic carbocycles. The maximum Gasteiger partial charge on any atom is 0.451 e. The molecule has 3 nitrogen and oxygen atoms in total. The van der Waals surface area contributed by atoms with Crippen molar-refractivity contribution in [2.24, 2.45) is 5.92 Å². The molecule has 2 rings (SSSR count). The van der Waals surface area contributed by atoms with Crippen LogP contribution in [0.3, 0.4) is 0 Å². The van der Waals surface area contributed by atoms with Gasteiger partial charge in [0.05, 0.1) is 0 Å². The largest absolute Gasteiger partial charge is 0.451 e. The summed E-state index contributed by atoms with van der Waals surface area (Å²) in [6, 6.07) is 0. The molecular formula is C10H14F3N3. The molecule has 1 aliphatic rings. The Bertz CT molecular complexity index is 370. The van der Waals surface area contributed by atoms with Crippen molar-refractivity contribution in [2.75, 3.05) is 0 Å². The molecule has 1 atom stereocenters.